The number of hydrogen-bond acceptors (Lipinski definition) is 3. The van der Waals surface area contributed by atoms with Gasteiger partial charge in [-0.2, -0.15) is 10.1 Å². The normalized spacial score (nSPS) is 17.0. The highest BCUT2D eigenvalue weighted by molar-refractivity contribution is 6.28. The zero-order valence-corrected chi connectivity index (χ0v) is 14.6. The molecular formula is C20H21N3O2. The van der Waals surface area contributed by atoms with Gasteiger partial charge in [-0.25, -0.2) is 0 Å². The number of amides is 2. The molecule has 0 aliphatic carbocycles. The summed E-state index contributed by atoms with van der Waals surface area (Å²) >= 11 is 0. The number of carbonyl (C=O) groups is 2. The number of nitrogens with zero attached hydrogens (tertiary/aromatic N) is 2. The van der Waals surface area contributed by atoms with Crippen molar-refractivity contribution in [3.8, 4) is 0 Å². The van der Waals surface area contributed by atoms with E-state index in [-0.39, 0.29) is 11.8 Å². The quantitative estimate of drug-likeness (QED) is 0.864. The van der Waals surface area contributed by atoms with Gasteiger partial charge >= 0.3 is 0 Å². The van der Waals surface area contributed by atoms with Crippen molar-refractivity contribution in [2.75, 3.05) is 10.3 Å². The Balaban J connectivity index is 1.78. The molecule has 3 rings (SSSR count). The molecule has 1 N–H and O–H groups in total. The Bertz CT molecular complexity index is 828. The minimum atomic E-state index is -0.900. The molecule has 128 valence electrons. The third-order valence-electron chi connectivity index (χ3n) is 4.21. The van der Waals surface area contributed by atoms with Crippen molar-refractivity contribution in [2.45, 2.75) is 26.7 Å². The number of benzene rings is 2. The van der Waals surface area contributed by atoms with Crippen molar-refractivity contribution in [1.82, 2.24) is 0 Å². The highest BCUT2D eigenvalue weighted by Crippen LogP contribution is 2.25. The summed E-state index contributed by atoms with van der Waals surface area (Å²) < 4.78 is 0. The third kappa shape index (κ3) is 3.45. The Labute approximate surface area is 147 Å². The van der Waals surface area contributed by atoms with Crippen LogP contribution in [0.2, 0.25) is 0 Å². The lowest BCUT2D eigenvalue weighted by Crippen LogP contribution is -2.36. The minimum absolute atomic E-state index is 0.332. The number of para-hydroxylation sites is 1. The van der Waals surface area contributed by atoms with E-state index in [9.17, 15) is 9.59 Å². The van der Waals surface area contributed by atoms with Gasteiger partial charge < -0.3 is 5.32 Å². The standard InChI is InChI=1S/C20H21N3O2/c1-13(2)15-8-7-9-16(12-15)21-19(24)18-14(3)22-23(20(18)25)17-10-5-4-6-11-17/h4-13,18H,1-3H3,(H,21,24). The van der Waals surface area contributed by atoms with E-state index in [1.807, 2.05) is 42.5 Å². The fourth-order valence-corrected chi connectivity index (χ4v) is 2.81. The first kappa shape index (κ1) is 16.9. The van der Waals surface area contributed by atoms with Gasteiger partial charge in [-0.1, -0.05) is 44.2 Å². The minimum Gasteiger partial charge on any atom is -0.325 e. The molecule has 1 aliphatic rings. The summed E-state index contributed by atoms with van der Waals surface area (Å²) in [5, 5.41) is 8.41. The highest BCUT2D eigenvalue weighted by atomic mass is 16.2. The van der Waals surface area contributed by atoms with E-state index in [2.05, 4.69) is 24.3 Å². The number of carbonyl (C=O) groups excluding carboxylic acids is 2. The maximum absolute atomic E-state index is 12.7. The molecular weight excluding hydrogens is 314 g/mol. The fourth-order valence-electron chi connectivity index (χ4n) is 2.81. The van der Waals surface area contributed by atoms with Crippen LogP contribution in [0.5, 0.6) is 0 Å². The molecule has 0 spiro atoms. The van der Waals surface area contributed by atoms with Crippen LogP contribution in [-0.2, 0) is 9.59 Å². The maximum atomic E-state index is 12.7. The van der Waals surface area contributed by atoms with Gasteiger partial charge in [0.05, 0.1) is 11.4 Å². The third-order valence-corrected chi connectivity index (χ3v) is 4.21. The zero-order valence-electron chi connectivity index (χ0n) is 14.6. The maximum Gasteiger partial charge on any atom is 0.265 e. The van der Waals surface area contributed by atoms with Crippen LogP contribution in [0.3, 0.4) is 0 Å². The van der Waals surface area contributed by atoms with Crippen LogP contribution in [0.1, 0.15) is 32.3 Å². The van der Waals surface area contributed by atoms with Gasteiger partial charge in [-0.05, 0) is 42.7 Å². The molecule has 1 atom stereocenters. The van der Waals surface area contributed by atoms with E-state index in [0.29, 0.717) is 23.0 Å². The monoisotopic (exact) mass is 335 g/mol. The van der Waals surface area contributed by atoms with Crippen LogP contribution in [0.15, 0.2) is 59.7 Å². The topological polar surface area (TPSA) is 61.8 Å². The average molecular weight is 335 g/mol. The predicted molar refractivity (Wildman–Crippen MR) is 99.7 cm³/mol. The number of rotatable bonds is 4. The molecule has 1 heterocycles. The Kier molecular flexibility index (Phi) is 4.65. The van der Waals surface area contributed by atoms with Gasteiger partial charge in [0.25, 0.3) is 5.91 Å². The summed E-state index contributed by atoms with van der Waals surface area (Å²) in [5.41, 5.74) is 2.97. The molecule has 1 aliphatic heterocycles. The van der Waals surface area contributed by atoms with Crippen LogP contribution in [-0.4, -0.2) is 17.5 Å². The van der Waals surface area contributed by atoms with Crippen LogP contribution < -0.4 is 10.3 Å². The molecule has 0 aromatic heterocycles. The first-order valence-electron chi connectivity index (χ1n) is 8.32. The number of hydrazone groups is 1. The first-order valence-corrected chi connectivity index (χ1v) is 8.32. The van der Waals surface area contributed by atoms with Crippen molar-refractivity contribution < 1.29 is 9.59 Å². The molecule has 0 fully saturated rings. The second kappa shape index (κ2) is 6.89. The van der Waals surface area contributed by atoms with Gasteiger partial charge in [0.1, 0.15) is 0 Å². The van der Waals surface area contributed by atoms with Crippen molar-refractivity contribution in [2.24, 2.45) is 11.0 Å². The van der Waals surface area contributed by atoms with E-state index in [1.54, 1.807) is 19.1 Å². The molecule has 0 saturated carbocycles. The van der Waals surface area contributed by atoms with E-state index < -0.39 is 5.92 Å². The molecule has 5 nitrogen and oxygen atoms in total. The summed E-state index contributed by atoms with van der Waals surface area (Å²) in [6, 6.07) is 16.8. The number of anilines is 2. The van der Waals surface area contributed by atoms with E-state index in [0.717, 1.165) is 5.56 Å². The average Bonchev–Trinajstić information content (AvgIpc) is 2.90. The molecule has 2 aromatic rings. The van der Waals surface area contributed by atoms with Crippen LogP contribution in [0.25, 0.3) is 0 Å². The van der Waals surface area contributed by atoms with E-state index >= 15 is 0 Å². The smallest absolute Gasteiger partial charge is 0.265 e. The molecule has 25 heavy (non-hydrogen) atoms. The van der Waals surface area contributed by atoms with Crippen molar-refractivity contribution in [3.63, 3.8) is 0 Å². The largest absolute Gasteiger partial charge is 0.325 e. The first-order chi connectivity index (χ1) is 12.0. The van der Waals surface area contributed by atoms with Gasteiger partial charge in [0, 0.05) is 5.69 Å². The zero-order chi connectivity index (χ0) is 18.0. The predicted octanol–water partition coefficient (Wildman–Crippen LogP) is 3.79. The van der Waals surface area contributed by atoms with E-state index in [1.165, 1.54) is 5.01 Å². The molecule has 2 amide bonds. The molecule has 0 radical (unpaired) electrons. The van der Waals surface area contributed by atoms with E-state index in [4.69, 9.17) is 0 Å². The molecule has 5 heteroatoms. The Morgan fingerprint density at radius 2 is 1.84 bits per heavy atom. The number of nitrogens with one attached hydrogen (secondary N) is 1. The fraction of sp³-hybridized carbons (Fsp3) is 0.250. The second-order valence-electron chi connectivity index (χ2n) is 6.43. The highest BCUT2D eigenvalue weighted by Gasteiger charge is 2.39. The summed E-state index contributed by atoms with van der Waals surface area (Å²) in [5.74, 6) is -1.23. The molecule has 2 aromatic carbocycles. The lowest BCUT2D eigenvalue weighted by atomic mass is 10.0. The lowest BCUT2D eigenvalue weighted by Gasteiger charge is -2.15. The number of hydrogen-bond donors (Lipinski definition) is 1. The van der Waals surface area contributed by atoms with Gasteiger partial charge in [-0.15, -0.1) is 0 Å². The van der Waals surface area contributed by atoms with Crippen molar-refractivity contribution in [3.05, 3.63) is 60.2 Å². The second-order valence-corrected chi connectivity index (χ2v) is 6.43. The Morgan fingerprint density at radius 1 is 1.12 bits per heavy atom. The lowest BCUT2D eigenvalue weighted by molar-refractivity contribution is -0.127. The van der Waals surface area contributed by atoms with Crippen LogP contribution >= 0.6 is 0 Å². The Morgan fingerprint density at radius 3 is 2.52 bits per heavy atom. The Hall–Kier alpha value is -2.95. The SMILES string of the molecule is CC1=NN(c2ccccc2)C(=O)C1C(=O)Nc1cccc(C(C)C)c1. The van der Waals surface area contributed by atoms with Gasteiger partial charge in [0.2, 0.25) is 5.91 Å². The molecule has 0 saturated heterocycles. The van der Waals surface area contributed by atoms with Crippen LogP contribution in [0.4, 0.5) is 11.4 Å². The summed E-state index contributed by atoms with van der Waals surface area (Å²) in [7, 11) is 0. The molecule has 1 unspecified atom stereocenters. The van der Waals surface area contributed by atoms with Crippen molar-refractivity contribution in [1.29, 1.82) is 0 Å². The molecule has 0 bridgehead atoms. The van der Waals surface area contributed by atoms with Gasteiger partial charge in [-0.3, -0.25) is 9.59 Å². The summed E-state index contributed by atoms with van der Waals surface area (Å²) in [6.07, 6.45) is 0. The van der Waals surface area contributed by atoms with Gasteiger partial charge in [0.15, 0.2) is 5.92 Å². The summed E-state index contributed by atoms with van der Waals surface area (Å²) in [4.78, 5) is 25.3. The van der Waals surface area contributed by atoms with Crippen molar-refractivity contribution >= 4 is 28.9 Å². The summed E-state index contributed by atoms with van der Waals surface area (Å²) in [6.45, 7) is 5.89. The van der Waals surface area contributed by atoms with Crippen LogP contribution in [0, 0.1) is 5.92 Å².